The van der Waals surface area contributed by atoms with Crippen LogP contribution in [0.2, 0.25) is 0 Å². The van der Waals surface area contributed by atoms with Crippen molar-refractivity contribution in [1.82, 2.24) is 0 Å². The van der Waals surface area contributed by atoms with Crippen LogP contribution in [0.15, 0.2) is 352 Å². The summed E-state index contributed by atoms with van der Waals surface area (Å²) in [4.78, 5) is 0. The minimum absolute atomic E-state index is 0.520. The topological polar surface area (TPSA) is 29.5 Å². The minimum Gasteiger partial charge on any atom is -0.456 e. The number of hydrogen-bond donors (Lipinski definition) is 1. The zero-order valence-electron chi connectivity index (χ0n) is 47.4. The van der Waals surface area contributed by atoms with E-state index in [2.05, 4.69) is 358 Å². The Labute approximate surface area is 510 Å². The molecule has 1 unspecified atom stereocenters. The summed E-state index contributed by atoms with van der Waals surface area (Å²) in [5, 5.41) is 31.0. The van der Waals surface area contributed by atoms with Gasteiger partial charge in [-0.15, -0.1) is 0 Å². The Morgan fingerprint density at radius 3 is 1.03 bits per heavy atom. The summed E-state index contributed by atoms with van der Waals surface area (Å²) < 4.78 is 6.92. The maximum atomic E-state index is 13.8. The van der Waals surface area contributed by atoms with Crippen LogP contribution >= 0.6 is 31.7 Å². The molecule has 0 saturated heterocycles. The van der Waals surface area contributed by atoms with Crippen molar-refractivity contribution in [3.63, 3.8) is 0 Å². The second kappa shape index (κ2) is 26.7. The molecule has 414 valence electrons. The molecule has 0 amide bonds. The number of hydrogen-bond acceptors (Lipinski definition) is 2. The molecule has 0 saturated carbocycles. The number of para-hydroxylation sites is 2. The third kappa shape index (κ3) is 12.0. The molecule has 0 spiro atoms. The van der Waals surface area contributed by atoms with E-state index in [0.717, 1.165) is 38.5 Å². The first kappa shape index (κ1) is 56.5. The van der Waals surface area contributed by atoms with Crippen LogP contribution in [0.3, 0.4) is 0 Å². The van der Waals surface area contributed by atoms with Crippen molar-refractivity contribution >= 4 is 112 Å². The molecule has 1 N–H and O–H groups in total. The van der Waals surface area contributed by atoms with E-state index >= 15 is 0 Å². The second-order valence-corrected chi connectivity index (χ2v) is 29.9. The van der Waals surface area contributed by atoms with Gasteiger partial charge in [0.05, 0.1) is 0 Å². The van der Waals surface area contributed by atoms with Crippen molar-refractivity contribution < 1.29 is 9.84 Å². The van der Waals surface area contributed by atoms with Gasteiger partial charge in [-0.25, -0.2) is 0 Å². The molecule has 1 atom stereocenters. The lowest BCUT2D eigenvalue weighted by Gasteiger charge is -2.42. The Hall–Kier alpha value is -8.66. The zero-order chi connectivity index (χ0) is 57.9. The summed E-state index contributed by atoms with van der Waals surface area (Å²) >= 11 is 0. The third-order valence-electron chi connectivity index (χ3n) is 15.6. The van der Waals surface area contributed by atoms with E-state index in [1.807, 2.05) is 0 Å². The van der Waals surface area contributed by atoms with E-state index in [1.54, 1.807) is 0 Å². The van der Waals surface area contributed by atoms with Gasteiger partial charge in [0.2, 0.25) is 0 Å². The molecular formula is C80H62O2P4. The van der Waals surface area contributed by atoms with E-state index in [9.17, 15) is 5.11 Å². The Balaban J connectivity index is 0.000000162. The standard InChI is InChI=1S/C44H34OP2.C36H28OP2/c45-44(47(37-23-9-3-10-24-37)38-25-11-4-12-26-38)32-31-34-18-14-16-28-40(34)43(44)42-39-27-15-13-17-33(39)29-30-41(42)46(35-19-5-1-6-20-35)36-21-7-2-8-22-36;1-5-17-29(18-6-1)38(30-19-7-2-8-20-30)35-27-15-13-25-33(35)37-34-26-14-16-28-36(34)39(31-21-9-3-10-22-31)32-23-11-4-12-24-32/h1-31,45H,32H2;1-28H. The van der Waals surface area contributed by atoms with Gasteiger partial charge in [0.1, 0.15) is 16.8 Å². The predicted octanol–water partition coefficient (Wildman–Crippen LogP) is 13.8. The van der Waals surface area contributed by atoms with Gasteiger partial charge in [-0.2, -0.15) is 0 Å². The van der Waals surface area contributed by atoms with Crippen molar-refractivity contribution in [2.45, 2.75) is 11.8 Å². The number of fused-ring (bicyclic) bond motifs is 2. The summed E-state index contributed by atoms with van der Waals surface area (Å²) in [5.74, 6) is 1.81. The zero-order valence-corrected chi connectivity index (χ0v) is 51.0. The van der Waals surface area contributed by atoms with Crippen molar-refractivity contribution in [3.05, 3.63) is 368 Å². The fraction of sp³-hybridized carbons (Fsp3) is 0.0250. The first-order valence-corrected chi connectivity index (χ1v) is 34.5. The highest BCUT2D eigenvalue weighted by molar-refractivity contribution is 7.81. The monoisotopic (exact) mass is 1180 g/mol. The molecule has 13 aromatic rings. The van der Waals surface area contributed by atoms with Gasteiger partial charge in [-0.3, -0.25) is 0 Å². The first-order chi connectivity index (χ1) is 42.6. The summed E-state index contributed by atoms with van der Waals surface area (Å²) in [6.45, 7) is 0. The molecule has 0 aliphatic heterocycles. The van der Waals surface area contributed by atoms with Crippen molar-refractivity contribution in [1.29, 1.82) is 0 Å². The van der Waals surface area contributed by atoms with Gasteiger partial charge in [0, 0.05) is 22.6 Å². The fourth-order valence-electron chi connectivity index (χ4n) is 11.8. The molecule has 0 bridgehead atoms. The normalized spacial score (nSPS) is 13.7. The SMILES string of the molecule is OC1(P(c2ccccc2)c2ccccc2)CC=c2ccccc2=C1c1c(P(c2ccccc2)c2ccccc2)ccc2ccccc12.c1ccc(P(c2ccccc2)c2ccccc2Oc2ccccc2P(c2ccccc2)c2ccccc2)cc1. The average molecular weight is 1180 g/mol. The Morgan fingerprint density at radius 1 is 0.291 bits per heavy atom. The average Bonchev–Trinajstić information content (AvgIpc) is 0.950. The minimum atomic E-state index is -1.24. The number of rotatable bonds is 15. The Bertz CT molecular complexity index is 4200. The quantitative estimate of drug-likeness (QED) is 0.104. The summed E-state index contributed by atoms with van der Waals surface area (Å²) in [5.41, 5.74) is 2.19. The molecule has 0 fully saturated rings. The van der Waals surface area contributed by atoms with Crippen molar-refractivity contribution in [2.75, 3.05) is 0 Å². The van der Waals surface area contributed by atoms with Gasteiger partial charge in [0.25, 0.3) is 0 Å². The van der Waals surface area contributed by atoms with Crippen LogP contribution in [0.1, 0.15) is 12.0 Å². The van der Waals surface area contributed by atoms with Gasteiger partial charge in [-0.1, -0.05) is 346 Å². The molecule has 2 nitrogen and oxygen atoms in total. The van der Waals surface area contributed by atoms with Crippen LogP contribution in [0, 0.1) is 0 Å². The molecule has 86 heavy (non-hydrogen) atoms. The molecule has 0 radical (unpaired) electrons. The van der Waals surface area contributed by atoms with Gasteiger partial charge < -0.3 is 9.84 Å². The van der Waals surface area contributed by atoms with E-state index < -0.39 is 37.0 Å². The molecule has 6 heteroatoms. The van der Waals surface area contributed by atoms with Gasteiger partial charge >= 0.3 is 0 Å². The van der Waals surface area contributed by atoms with Crippen molar-refractivity contribution in [2.24, 2.45) is 0 Å². The van der Waals surface area contributed by atoms with Gasteiger partial charge in [-0.05, 0) is 118 Å². The van der Waals surface area contributed by atoms with Crippen LogP contribution in [0.25, 0.3) is 22.4 Å². The Kier molecular flexibility index (Phi) is 17.5. The molecular weight excluding hydrogens is 1120 g/mol. The lowest BCUT2D eigenvalue weighted by molar-refractivity contribution is 0.198. The van der Waals surface area contributed by atoms with E-state index in [4.69, 9.17) is 4.74 Å². The largest absolute Gasteiger partial charge is 0.456 e. The van der Waals surface area contributed by atoms with Crippen LogP contribution in [0.5, 0.6) is 11.5 Å². The van der Waals surface area contributed by atoms with E-state index in [-0.39, 0.29) is 0 Å². The van der Waals surface area contributed by atoms with Crippen molar-refractivity contribution in [3.8, 4) is 11.5 Å². The molecule has 0 aromatic heterocycles. The Morgan fingerprint density at radius 2 is 0.616 bits per heavy atom. The number of benzene rings is 13. The summed E-state index contributed by atoms with van der Waals surface area (Å²) in [6.07, 6.45) is 2.77. The highest BCUT2D eigenvalue weighted by Gasteiger charge is 2.45. The van der Waals surface area contributed by atoms with Crippen LogP contribution in [0.4, 0.5) is 0 Å². The highest BCUT2D eigenvalue weighted by Crippen LogP contribution is 2.56. The predicted molar refractivity (Wildman–Crippen MR) is 374 cm³/mol. The van der Waals surface area contributed by atoms with E-state index in [0.29, 0.717) is 6.42 Å². The number of ether oxygens (including phenoxy) is 1. The molecule has 13 aromatic carbocycles. The number of aliphatic hydroxyl groups is 1. The first-order valence-electron chi connectivity index (χ1n) is 29.1. The lowest BCUT2D eigenvalue weighted by Crippen LogP contribution is -2.46. The van der Waals surface area contributed by atoms with Gasteiger partial charge in [0.15, 0.2) is 0 Å². The summed E-state index contributed by atoms with van der Waals surface area (Å²) in [6, 6.07) is 125. The second-order valence-electron chi connectivity index (χ2n) is 20.9. The third-order valence-corrected chi connectivity index (χ3v) is 25.8. The smallest absolute Gasteiger partial charge is 0.135 e. The van der Waals surface area contributed by atoms with E-state index in [1.165, 1.54) is 63.7 Å². The van der Waals surface area contributed by atoms with Crippen LogP contribution in [-0.4, -0.2) is 10.4 Å². The fourth-order valence-corrected chi connectivity index (χ4v) is 21.8. The molecule has 0 heterocycles. The maximum absolute atomic E-state index is 13.8. The molecule has 14 rings (SSSR count). The highest BCUT2D eigenvalue weighted by atomic mass is 31.1. The van der Waals surface area contributed by atoms with Crippen LogP contribution in [-0.2, 0) is 0 Å². The van der Waals surface area contributed by atoms with Crippen LogP contribution < -0.4 is 73.5 Å². The summed E-state index contributed by atoms with van der Waals surface area (Å²) in [7, 11) is -3.79. The maximum Gasteiger partial charge on any atom is 0.135 e. The molecule has 1 aliphatic rings. The molecule has 1 aliphatic carbocycles. The lowest BCUT2D eigenvalue weighted by atomic mass is 9.87.